The third kappa shape index (κ3) is 3.29. The smallest absolute Gasteiger partial charge is 0.257 e. The molecule has 1 amide bonds. The summed E-state index contributed by atoms with van der Waals surface area (Å²) >= 11 is 0. The largest absolute Gasteiger partial charge is 0.393 e. The van der Waals surface area contributed by atoms with Crippen molar-refractivity contribution in [2.45, 2.75) is 25.4 Å². The van der Waals surface area contributed by atoms with Crippen molar-refractivity contribution in [1.29, 1.82) is 0 Å². The topological polar surface area (TPSA) is 86.6 Å². The number of benzene rings is 1. The van der Waals surface area contributed by atoms with E-state index in [0.29, 0.717) is 36.5 Å². The van der Waals surface area contributed by atoms with E-state index < -0.39 is 5.60 Å². The predicted molar refractivity (Wildman–Crippen MR) is 89.4 cm³/mol. The molecule has 2 aromatic rings. The lowest BCUT2D eigenvalue weighted by Crippen LogP contribution is -2.52. The first-order valence-electron chi connectivity index (χ1n) is 8.04. The van der Waals surface area contributed by atoms with Gasteiger partial charge in [0.2, 0.25) is 0 Å². The second-order valence-electron chi connectivity index (χ2n) is 6.26. The molecule has 1 aliphatic heterocycles. The maximum absolute atomic E-state index is 13.0. The molecule has 24 heavy (non-hydrogen) atoms. The molecule has 3 rings (SSSR count). The van der Waals surface area contributed by atoms with E-state index in [1.165, 1.54) is 0 Å². The molecule has 6 heteroatoms. The van der Waals surface area contributed by atoms with Gasteiger partial charge in [-0.25, -0.2) is 9.97 Å². The average Bonchev–Trinajstić information content (AvgIpc) is 2.62. The lowest BCUT2D eigenvalue weighted by atomic mass is 9.93. The molecule has 0 radical (unpaired) electrons. The van der Waals surface area contributed by atoms with Crippen LogP contribution in [0.3, 0.4) is 0 Å². The van der Waals surface area contributed by atoms with Crippen LogP contribution in [0, 0.1) is 6.92 Å². The van der Waals surface area contributed by atoms with E-state index in [1.807, 2.05) is 30.3 Å². The number of aryl methyl sites for hydroxylation is 1. The predicted octanol–water partition coefficient (Wildman–Crippen LogP) is 1.41. The fourth-order valence-corrected chi connectivity index (χ4v) is 3.03. The van der Waals surface area contributed by atoms with E-state index in [9.17, 15) is 15.0 Å². The minimum absolute atomic E-state index is 0.116. The summed E-state index contributed by atoms with van der Waals surface area (Å²) in [4.78, 5) is 23.1. The third-order valence-electron chi connectivity index (χ3n) is 4.32. The fourth-order valence-electron chi connectivity index (χ4n) is 3.03. The summed E-state index contributed by atoms with van der Waals surface area (Å²) in [6.07, 6.45) is 2.68. The number of nitrogens with zero attached hydrogens (tertiary/aromatic N) is 3. The van der Waals surface area contributed by atoms with Crippen molar-refractivity contribution in [3.05, 3.63) is 47.9 Å². The highest BCUT2D eigenvalue weighted by Gasteiger charge is 2.35. The van der Waals surface area contributed by atoms with Crippen molar-refractivity contribution in [3.8, 4) is 11.3 Å². The summed E-state index contributed by atoms with van der Waals surface area (Å²) in [6.45, 7) is 2.09. The number of hydrogen-bond donors (Lipinski definition) is 2. The minimum Gasteiger partial charge on any atom is -0.393 e. The molecule has 1 saturated heterocycles. The van der Waals surface area contributed by atoms with E-state index in [0.717, 1.165) is 5.56 Å². The Morgan fingerprint density at radius 3 is 2.79 bits per heavy atom. The van der Waals surface area contributed by atoms with E-state index in [2.05, 4.69) is 9.97 Å². The van der Waals surface area contributed by atoms with Gasteiger partial charge in [0.25, 0.3) is 5.91 Å². The molecule has 0 saturated carbocycles. The summed E-state index contributed by atoms with van der Waals surface area (Å²) in [7, 11) is 0. The molecule has 1 aliphatic rings. The van der Waals surface area contributed by atoms with Crippen LogP contribution < -0.4 is 0 Å². The molecule has 1 unspecified atom stereocenters. The summed E-state index contributed by atoms with van der Waals surface area (Å²) in [5, 5.41) is 19.7. The number of amides is 1. The van der Waals surface area contributed by atoms with E-state index >= 15 is 0 Å². The zero-order chi connectivity index (χ0) is 17.2. The molecule has 2 heterocycles. The molecule has 0 bridgehead atoms. The van der Waals surface area contributed by atoms with Crippen LogP contribution >= 0.6 is 0 Å². The van der Waals surface area contributed by atoms with Gasteiger partial charge < -0.3 is 15.1 Å². The molecule has 0 aliphatic carbocycles. The second kappa shape index (κ2) is 6.67. The Morgan fingerprint density at radius 1 is 1.33 bits per heavy atom. The van der Waals surface area contributed by atoms with Gasteiger partial charge in [0, 0.05) is 18.3 Å². The van der Waals surface area contributed by atoms with E-state index in [1.54, 1.807) is 18.0 Å². The standard InChI is InChI=1S/C18H21N3O3/c1-13-19-10-15(16(20-13)14-6-3-2-4-7-14)17(23)21-9-5-8-18(24,11-21)12-22/h2-4,6-7,10,22,24H,5,8-9,11-12H2,1H3. The molecular formula is C18H21N3O3. The quantitative estimate of drug-likeness (QED) is 0.890. The summed E-state index contributed by atoms with van der Waals surface area (Å²) < 4.78 is 0. The van der Waals surface area contributed by atoms with Crippen molar-refractivity contribution in [1.82, 2.24) is 14.9 Å². The van der Waals surface area contributed by atoms with Crippen LogP contribution in [0.5, 0.6) is 0 Å². The third-order valence-corrected chi connectivity index (χ3v) is 4.32. The van der Waals surface area contributed by atoms with Gasteiger partial charge in [0.15, 0.2) is 0 Å². The number of aliphatic hydroxyl groups is 2. The normalized spacial score (nSPS) is 20.9. The number of piperidine rings is 1. The van der Waals surface area contributed by atoms with Gasteiger partial charge in [-0.2, -0.15) is 0 Å². The van der Waals surface area contributed by atoms with Crippen LogP contribution in [-0.4, -0.2) is 56.3 Å². The number of likely N-dealkylation sites (tertiary alicyclic amines) is 1. The number of aliphatic hydroxyl groups excluding tert-OH is 1. The Morgan fingerprint density at radius 2 is 2.08 bits per heavy atom. The van der Waals surface area contributed by atoms with Crippen molar-refractivity contribution >= 4 is 5.91 Å². The average molecular weight is 327 g/mol. The molecule has 0 spiro atoms. The van der Waals surface area contributed by atoms with Crippen LogP contribution in [0.4, 0.5) is 0 Å². The molecule has 2 N–H and O–H groups in total. The van der Waals surface area contributed by atoms with Crippen LogP contribution in [0.1, 0.15) is 29.0 Å². The highest BCUT2D eigenvalue weighted by molar-refractivity contribution is 5.99. The van der Waals surface area contributed by atoms with E-state index in [-0.39, 0.29) is 19.1 Å². The van der Waals surface area contributed by atoms with Gasteiger partial charge in [0.1, 0.15) is 11.4 Å². The van der Waals surface area contributed by atoms with Crippen molar-refractivity contribution in [2.24, 2.45) is 0 Å². The number of aromatic nitrogens is 2. The summed E-state index contributed by atoms with van der Waals surface area (Å²) in [5.41, 5.74) is 0.618. The maximum Gasteiger partial charge on any atom is 0.257 e. The zero-order valence-corrected chi connectivity index (χ0v) is 13.6. The van der Waals surface area contributed by atoms with Gasteiger partial charge >= 0.3 is 0 Å². The Labute approximate surface area is 140 Å². The maximum atomic E-state index is 13.0. The Hall–Kier alpha value is -2.31. The molecule has 126 valence electrons. The Balaban J connectivity index is 1.96. The summed E-state index contributed by atoms with van der Waals surface area (Å²) in [6, 6.07) is 9.50. The van der Waals surface area contributed by atoms with Crippen LogP contribution in [-0.2, 0) is 0 Å². The highest BCUT2D eigenvalue weighted by Crippen LogP contribution is 2.26. The lowest BCUT2D eigenvalue weighted by Gasteiger charge is -2.38. The van der Waals surface area contributed by atoms with Crippen LogP contribution in [0.25, 0.3) is 11.3 Å². The van der Waals surface area contributed by atoms with Gasteiger partial charge in [-0.1, -0.05) is 30.3 Å². The van der Waals surface area contributed by atoms with Gasteiger partial charge in [-0.05, 0) is 19.8 Å². The van der Waals surface area contributed by atoms with Crippen molar-refractivity contribution in [2.75, 3.05) is 19.7 Å². The fraction of sp³-hybridized carbons (Fsp3) is 0.389. The number of rotatable bonds is 3. The Kier molecular flexibility index (Phi) is 4.59. The molecule has 6 nitrogen and oxygen atoms in total. The molecular weight excluding hydrogens is 306 g/mol. The first kappa shape index (κ1) is 16.5. The first-order valence-corrected chi connectivity index (χ1v) is 8.04. The first-order chi connectivity index (χ1) is 11.5. The summed E-state index contributed by atoms with van der Waals surface area (Å²) in [5.74, 6) is 0.372. The van der Waals surface area contributed by atoms with Crippen LogP contribution in [0.2, 0.25) is 0 Å². The minimum atomic E-state index is -1.23. The monoisotopic (exact) mass is 327 g/mol. The van der Waals surface area contributed by atoms with E-state index in [4.69, 9.17) is 0 Å². The highest BCUT2D eigenvalue weighted by atomic mass is 16.3. The lowest BCUT2D eigenvalue weighted by molar-refractivity contribution is -0.0598. The molecule has 1 aromatic carbocycles. The molecule has 1 atom stereocenters. The second-order valence-corrected chi connectivity index (χ2v) is 6.26. The van der Waals surface area contributed by atoms with Gasteiger partial charge in [0.05, 0.1) is 24.4 Å². The number of carbonyl (C=O) groups excluding carboxylic acids is 1. The number of β-amino-alcohol motifs (C(OH)–C–C–N with tert-alkyl or cyclic N) is 1. The Bertz CT molecular complexity index is 736. The van der Waals surface area contributed by atoms with Gasteiger partial charge in [-0.3, -0.25) is 4.79 Å². The molecule has 1 fully saturated rings. The van der Waals surface area contributed by atoms with Crippen molar-refractivity contribution < 1.29 is 15.0 Å². The SMILES string of the molecule is Cc1ncc(C(=O)N2CCCC(O)(CO)C2)c(-c2ccccc2)n1. The number of hydrogen-bond acceptors (Lipinski definition) is 5. The molecule has 1 aromatic heterocycles. The number of carbonyl (C=O) groups is 1. The zero-order valence-electron chi connectivity index (χ0n) is 13.6. The van der Waals surface area contributed by atoms with Crippen LogP contribution in [0.15, 0.2) is 36.5 Å². The van der Waals surface area contributed by atoms with Crippen molar-refractivity contribution in [3.63, 3.8) is 0 Å². The van der Waals surface area contributed by atoms with Gasteiger partial charge in [-0.15, -0.1) is 0 Å².